The van der Waals surface area contributed by atoms with Gasteiger partial charge in [0.15, 0.2) is 11.5 Å². The summed E-state index contributed by atoms with van der Waals surface area (Å²) in [5.74, 6) is 0.993. The summed E-state index contributed by atoms with van der Waals surface area (Å²) in [5, 5.41) is 26.7. The Bertz CT molecular complexity index is 1550. The van der Waals surface area contributed by atoms with E-state index in [1.165, 1.54) is 6.20 Å². The van der Waals surface area contributed by atoms with Gasteiger partial charge in [-0.3, -0.25) is 4.68 Å². The van der Waals surface area contributed by atoms with Crippen molar-refractivity contribution in [2.75, 3.05) is 18.4 Å². The van der Waals surface area contributed by atoms with Gasteiger partial charge in [0.2, 0.25) is 0 Å². The van der Waals surface area contributed by atoms with Crippen LogP contribution in [0.5, 0.6) is 0 Å². The molecule has 1 saturated heterocycles. The van der Waals surface area contributed by atoms with Crippen molar-refractivity contribution in [1.82, 2.24) is 39.6 Å². The molecule has 0 bridgehead atoms. The molecule has 1 N–H and O–H groups in total. The molecule has 0 radical (unpaired) electrons. The summed E-state index contributed by atoms with van der Waals surface area (Å²) in [4.78, 5) is 23.2. The van der Waals surface area contributed by atoms with Crippen molar-refractivity contribution >= 4 is 22.8 Å². The highest BCUT2D eigenvalue weighted by Crippen LogP contribution is 2.29. The minimum atomic E-state index is -0.493. The first kappa shape index (κ1) is 27.1. The van der Waals surface area contributed by atoms with Crippen molar-refractivity contribution in [2.24, 2.45) is 5.92 Å². The molecule has 1 amide bonds. The third kappa shape index (κ3) is 6.03. The van der Waals surface area contributed by atoms with Gasteiger partial charge in [0.25, 0.3) is 0 Å². The van der Waals surface area contributed by atoms with Crippen LogP contribution in [-0.2, 0) is 11.3 Å². The molecule has 4 aromatic heterocycles. The number of anilines is 1. The van der Waals surface area contributed by atoms with Crippen molar-refractivity contribution in [3.8, 4) is 23.1 Å². The highest BCUT2D eigenvalue weighted by Gasteiger charge is 2.27. The Balaban J connectivity index is 1.32. The van der Waals surface area contributed by atoms with Crippen molar-refractivity contribution in [2.45, 2.75) is 65.6 Å². The van der Waals surface area contributed by atoms with Crippen LogP contribution in [0.15, 0.2) is 36.9 Å². The second-order valence-electron chi connectivity index (χ2n) is 11.4. The number of piperidine rings is 1. The second-order valence-corrected chi connectivity index (χ2v) is 11.4. The summed E-state index contributed by atoms with van der Waals surface area (Å²) in [5.41, 5.74) is 3.02. The van der Waals surface area contributed by atoms with Gasteiger partial charge in [-0.25, -0.2) is 14.8 Å². The van der Waals surface area contributed by atoms with Crippen molar-refractivity contribution in [3.63, 3.8) is 0 Å². The summed E-state index contributed by atoms with van der Waals surface area (Å²) >= 11 is 0. The fourth-order valence-corrected chi connectivity index (χ4v) is 4.74. The molecule has 4 aromatic rings. The van der Waals surface area contributed by atoms with Crippen LogP contribution in [0.2, 0.25) is 0 Å². The zero-order valence-corrected chi connectivity index (χ0v) is 23.5. The van der Waals surface area contributed by atoms with E-state index in [0.29, 0.717) is 36.0 Å². The number of nitriles is 1. The Labute approximate surface area is 233 Å². The number of nitrogens with zero attached hydrogens (tertiary/aromatic N) is 9. The van der Waals surface area contributed by atoms with Gasteiger partial charge < -0.3 is 15.0 Å². The molecule has 0 saturated carbocycles. The summed E-state index contributed by atoms with van der Waals surface area (Å²) in [6.07, 6.45) is 8.43. The highest BCUT2D eigenvalue weighted by atomic mass is 16.6. The van der Waals surface area contributed by atoms with E-state index >= 15 is 0 Å². The van der Waals surface area contributed by atoms with Crippen molar-refractivity contribution < 1.29 is 9.53 Å². The van der Waals surface area contributed by atoms with Crippen LogP contribution in [-0.4, -0.2) is 70.5 Å². The molecule has 5 heterocycles. The van der Waals surface area contributed by atoms with E-state index in [-0.39, 0.29) is 12.1 Å². The molecule has 0 atom stereocenters. The Morgan fingerprint density at radius 2 is 1.95 bits per heavy atom. The Morgan fingerprint density at radius 3 is 2.65 bits per heavy atom. The molecule has 0 spiro atoms. The van der Waals surface area contributed by atoms with Crippen molar-refractivity contribution in [3.05, 3.63) is 42.5 Å². The SMILES string of the molecule is CC(C)Nc1cc(-n2ncc3cc(C#N)cnc32)ncc1-c1cn(CC2CCN(C(=O)OC(C)(C)C)CC2)nn1. The number of amides is 1. The third-order valence-corrected chi connectivity index (χ3v) is 6.61. The fourth-order valence-electron chi connectivity index (χ4n) is 4.74. The van der Waals surface area contributed by atoms with Gasteiger partial charge >= 0.3 is 6.09 Å². The van der Waals surface area contributed by atoms with E-state index < -0.39 is 5.60 Å². The highest BCUT2D eigenvalue weighted by molar-refractivity contribution is 5.79. The number of fused-ring (bicyclic) bond motifs is 1. The normalized spacial score (nSPS) is 14.5. The van der Waals surface area contributed by atoms with E-state index in [1.807, 2.05) is 37.7 Å². The Morgan fingerprint density at radius 1 is 1.18 bits per heavy atom. The average molecular weight is 543 g/mol. The fraction of sp³-hybridized carbons (Fsp3) is 0.464. The number of pyridine rings is 2. The van der Waals surface area contributed by atoms with E-state index in [4.69, 9.17) is 10.00 Å². The smallest absolute Gasteiger partial charge is 0.410 e. The number of carbonyl (C=O) groups is 1. The zero-order chi connectivity index (χ0) is 28.4. The number of hydrogen-bond acceptors (Lipinski definition) is 9. The van der Waals surface area contributed by atoms with Gasteiger partial charge in [0.1, 0.15) is 17.4 Å². The summed E-state index contributed by atoms with van der Waals surface area (Å²) in [6, 6.07) is 5.96. The topological polar surface area (TPSA) is 140 Å². The van der Waals surface area contributed by atoms with Crippen LogP contribution in [0, 0.1) is 17.2 Å². The average Bonchev–Trinajstić information content (AvgIpc) is 3.54. The summed E-state index contributed by atoms with van der Waals surface area (Å²) in [6.45, 7) is 11.9. The minimum absolute atomic E-state index is 0.171. The lowest BCUT2D eigenvalue weighted by atomic mass is 9.97. The Hall–Kier alpha value is -4.53. The maximum Gasteiger partial charge on any atom is 0.410 e. The molecule has 1 fully saturated rings. The summed E-state index contributed by atoms with van der Waals surface area (Å²) < 4.78 is 9.04. The Kier molecular flexibility index (Phi) is 7.38. The van der Waals surface area contributed by atoms with Crippen LogP contribution in [0.1, 0.15) is 53.0 Å². The lowest BCUT2D eigenvalue weighted by Gasteiger charge is -2.33. The number of rotatable bonds is 6. The number of hydrogen-bond donors (Lipinski definition) is 1. The molecule has 1 aliphatic rings. The van der Waals surface area contributed by atoms with Gasteiger partial charge in [-0.1, -0.05) is 5.21 Å². The van der Waals surface area contributed by atoms with Gasteiger partial charge in [0.05, 0.1) is 18.0 Å². The van der Waals surface area contributed by atoms with Crippen molar-refractivity contribution in [1.29, 1.82) is 5.26 Å². The standard InChI is InChI=1S/C28H34N10O2/c1-18(2)33-23-11-25(38-26-21(14-32-38)10-20(12-29)13-31-26)30-15-22(23)24-17-37(35-34-24)16-19-6-8-36(9-7-19)27(39)40-28(3,4)5/h10-11,13-15,17-19H,6-9,16H2,1-5H3,(H,30,33). The molecular weight excluding hydrogens is 508 g/mol. The van der Waals surface area contributed by atoms with Crippen LogP contribution >= 0.6 is 0 Å². The molecule has 208 valence electrons. The molecule has 12 heteroatoms. The number of aromatic nitrogens is 7. The third-order valence-electron chi connectivity index (χ3n) is 6.61. The maximum atomic E-state index is 12.4. The quantitative estimate of drug-likeness (QED) is 0.375. The van der Waals surface area contributed by atoms with E-state index in [0.717, 1.165) is 41.7 Å². The minimum Gasteiger partial charge on any atom is -0.444 e. The summed E-state index contributed by atoms with van der Waals surface area (Å²) in [7, 11) is 0. The molecule has 0 aromatic carbocycles. The van der Waals surface area contributed by atoms with Crippen LogP contribution in [0.4, 0.5) is 10.5 Å². The first-order valence-electron chi connectivity index (χ1n) is 13.5. The van der Waals surface area contributed by atoms with Gasteiger partial charge in [-0.05, 0) is 59.4 Å². The van der Waals surface area contributed by atoms with Crippen LogP contribution in [0.3, 0.4) is 0 Å². The molecule has 40 heavy (non-hydrogen) atoms. The molecule has 0 unspecified atom stereocenters. The monoisotopic (exact) mass is 542 g/mol. The van der Waals surface area contributed by atoms with E-state index in [9.17, 15) is 4.79 Å². The van der Waals surface area contributed by atoms with Gasteiger partial charge in [-0.2, -0.15) is 15.0 Å². The molecule has 0 aliphatic carbocycles. The largest absolute Gasteiger partial charge is 0.444 e. The lowest BCUT2D eigenvalue weighted by Crippen LogP contribution is -2.42. The number of carbonyl (C=O) groups excluding carboxylic acids is 1. The van der Waals surface area contributed by atoms with Crippen LogP contribution in [0.25, 0.3) is 28.1 Å². The number of nitrogens with one attached hydrogen (secondary N) is 1. The van der Waals surface area contributed by atoms with Crippen LogP contribution < -0.4 is 5.32 Å². The van der Waals surface area contributed by atoms with Gasteiger partial charge in [-0.15, -0.1) is 5.10 Å². The first-order chi connectivity index (χ1) is 19.1. The molecule has 12 nitrogen and oxygen atoms in total. The second kappa shape index (κ2) is 10.9. The first-order valence-corrected chi connectivity index (χ1v) is 13.5. The van der Waals surface area contributed by atoms with E-state index in [1.54, 1.807) is 28.0 Å². The molecule has 1 aliphatic heterocycles. The number of ether oxygens (including phenoxy) is 1. The predicted octanol–water partition coefficient (Wildman–Crippen LogP) is 4.41. The predicted molar refractivity (Wildman–Crippen MR) is 150 cm³/mol. The van der Waals surface area contributed by atoms with Gasteiger partial charge in [0, 0.05) is 60.8 Å². The lowest BCUT2D eigenvalue weighted by molar-refractivity contribution is 0.0177. The number of likely N-dealkylation sites (tertiary alicyclic amines) is 1. The van der Waals surface area contributed by atoms with E-state index in [2.05, 4.69) is 50.6 Å². The maximum absolute atomic E-state index is 12.4. The molecule has 5 rings (SSSR count). The molecular formula is C28H34N10O2. The zero-order valence-electron chi connectivity index (χ0n) is 23.5.